The van der Waals surface area contributed by atoms with Crippen molar-refractivity contribution in [1.82, 2.24) is 15.1 Å². The molecule has 1 aliphatic heterocycles. The highest BCUT2D eigenvalue weighted by molar-refractivity contribution is 5.80. The summed E-state index contributed by atoms with van der Waals surface area (Å²) in [5, 5.41) is 13.4. The van der Waals surface area contributed by atoms with Gasteiger partial charge in [-0.2, -0.15) is 0 Å². The number of piperazine rings is 1. The van der Waals surface area contributed by atoms with E-state index in [1.165, 1.54) is 0 Å². The number of carboxylic acids is 1. The van der Waals surface area contributed by atoms with Gasteiger partial charge >= 0.3 is 5.97 Å². The van der Waals surface area contributed by atoms with Crippen LogP contribution in [-0.4, -0.2) is 71.2 Å². The maximum Gasteiger partial charge on any atom is 0.325 e. The fourth-order valence-corrected chi connectivity index (χ4v) is 3.76. The molecule has 0 bridgehead atoms. The van der Waals surface area contributed by atoms with E-state index in [9.17, 15) is 9.90 Å². The van der Waals surface area contributed by atoms with E-state index in [4.69, 9.17) is 0 Å². The molecule has 0 aromatic heterocycles. The maximum absolute atomic E-state index is 12.1. The van der Waals surface area contributed by atoms with Gasteiger partial charge in [-0.25, -0.2) is 0 Å². The van der Waals surface area contributed by atoms with Gasteiger partial charge in [-0.1, -0.05) is 0 Å². The Labute approximate surface area is 127 Å². The first-order valence-electron chi connectivity index (χ1n) is 8.38. The highest BCUT2D eigenvalue weighted by atomic mass is 16.4. The topological polar surface area (TPSA) is 55.8 Å². The Morgan fingerprint density at radius 2 is 1.76 bits per heavy atom. The first-order chi connectivity index (χ1) is 9.92. The van der Waals surface area contributed by atoms with Gasteiger partial charge in [0.25, 0.3) is 0 Å². The van der Waals surface area contributed by atoms with E-state index in [2.05, 4.69) is 36.0 Å². The Hall–Kier alpha value is -0.650. The zero-order valence-electron chi connectivity index (χ0n) is 13.5. The van der Waals surface area contributed by atoms with E-state index in [0.29, 0.717) is 30.6 Å². The number of carboxylic acid groups (broad SMARTS) is 1. The minimum atomic E-state index is -0.712. The number of rotatable bonds is 6. The Bertz CT molecular complexity index is 396. The maximum atomic E-state index is 12.1. The Morgan fingerprint density at radius 3 is 2.19 bits per heavy atom. The van der Waals surface area contributed by atoms with Crippen molar-refractivity contribution in [2.45, 2.75) is 63.2 Å². The van der Waals surface area contributed by atoms with E-state index < -0.39 is 11.5 Å². The second kappa shape index (κ2) is 5.52. The van der Waals surface area contributed by atoms with Crippen LogP contribution < -0.4 is 5.32 Å². The lowest BCUT2D eigenvalue weighted by molar-refractivity contribution is -0.147. The highest BCUT2D eigenvalue weighted by Gasteiger charge is 2.54. The van der Waals surface area contributed by atoms with Gasteiger partial charge in [0.15, 0.2) is 0 Å². The monoisotopic (exact) mass is 295 g/mol. The summed E-state index contributed by atoms with van der Waals surface area (Å²) < 4.78 is 0. The molecule has 3 atom stereocenters. The molecular formula is C16H29N3O2. The lowest BCUT2D eigenvalue weighted by atomic mass is 9.91. The van der Waals surface area contributed by atoms with Crippen molar-refractivity contribution in [2.24, 2.45) is 5.92 Å². The molecule has 5 nitrogen and oxygen atoms in total. The molecule has 3 fully saturated rings. The molecule has 0 spiro atoms. The number of likely N-dealkylation sites (N-methyl/N-ethyl adjacent to an activating group) is 1. The van der Waals surface area contributed by atoms with Crippen molar-refractivity contribution in [2.75, 3.05) is 26.7 Å². The number of hydrogen-bond acceptors (Lipinski definition) is 4. The van der Waals surface area contributed by atoms with Crippen LogP contribution in [0.25, 0.3) is 0 Å². The van der Waals surface area contributed by atoms with Crippen LogP contribution in [0.4, 0.5) is 0 Å². The van der Waals surface area contributed by atoms with Gasteiger partial charge in [0.05, 0.1) is 0 Å². The zero-order chi connectivity index (χ0) is 15.2. The number of aliphatic carboxylic acids is 1. The average molecular weight is 295 g/mol. The molecular weight excluding hydrogens is 266 g/mol. The largest absolute Gasteiger partial charge is 0.480 e. The summed E-state index contributed by atoms with van der Waals surface area (Å²) in [6.45, 7) is 7.06. The molecule has 0 amide bonds. The van der Waals surface area contributed by atoms with Crippen LogP contribution in [0.3, 0.4) is 0 Å². The second-order valence-corrected chi connectivity index (χ2v) is 7.53. The highest BCUT2D eigenvalue weighted by Crippen LogP contribution is 2.42. The van der Waals surface area contributed by atoms with Crippen molar-refractivity contribution in [3.05, 3.63) is 0 Å². The Morgan fingerprint density at radius 1 is 1.19 bits per heavy atom. The van der Waals surface area contributed by atoms with Crippen LogP contribution in [-0.2, 0) is 4.79 Å². The number of hydrogen-bond donors (Lipinski definition) is 2. The standard InChI is InChI=1S/C16H29N3O2/c1-11-8-19(9-12(2)18(11)3)10-16(15(20)21,13-4-5-13)17-14-6-7-14/h11-14,17H,4-10H2,1-3H3,(H,20,21). The third kappa shape index (κ3) is 3.10. The van der Waals surface area contributed by atoms with Crippen LogP contribution in [0.5, 0.6) is 0 Å². The molecule has 3 unspecified atom stereocenters. The number of nitrogens with zero attached hydrogens (tertiary/aromatic N) is 2. The van der Waals surface area contributed by atoms with Gasteiger partial charge in [0.2, 0.25) is 0 Å². The third-order valence-electron chi connectivity index (χ3n) is 5.60. The predicted octanol–water partition coefficient (Wildman–Crippen LogP) is 0.996. The normalized spacial score (nSPS) is 34.6. The summed E-state index contributed by atoms with van der Waals surface area (Å²) in [7, 11) is 2.17. The first kappa shape index (κ1) is 15.3. The quantitative estimate of drug-likeness (QED) is 0.765. The van der Waals surface area contributed by atoms with Crippen LogP contribution in [0, 0.1) is 5.92 Å². The van der Waals surface area contributed by atoms with Crippen molar-refractivity contribution in [3.63, 3.8) is 0 Å². The third-order valence-corrected chi connectivity index (χ3v) is 5.60. The van der Waals surface area contributed by atoms with Crippen LogP contribution in [0.15, 0.2) is 0 Å². The fraction of sp³-hybridized carbons (Fsp3) is 0.938. The molecule has 120 valence electrons. The van der Waals surface area contributed by atoms with E-state index >= 15 is 0 Å². The van der Waals surface area contributed by atoms with Crippen LogP contribution >= 0.6 is 0 Å². The molecule has 2 N–H and O–H groups in total. The SMILES string of the molecule is CC1CN(CC(NC2CC2)(C(=O)O)C2CC2)CC(C)N1C. The first-order valence-corrected chi connectivity index (χ1v) is 8.38. The van der Waals surface area contributed by atoms with Gasteiger partial charge in [-0.15, -0.1) is 0 Å². The number of nitrogens with one attached hydrogen (secondary N) is 1. The van der Waals surface area contributed by atoms with E-state index in [1.807, 2.05) is 0 Å². The summed E-state index contributed by atoms with van der Waals surface area (Å²) >= 11 is 0. The van der Waals surface area contributed by atoms with E-state index in [1.54, 1.807) is 0 Å². The van der Waals surface area contributed by atoms with Gasteiger partial charge < -0.3 is 5.11 Å². The molecule has 2 aliphatic carbocycles. The van der Waals surface area contributed by atoms with Crippen LogP contribution in [0.2, 0.25) is 0 Å². The lowest BCUT2D eigenvalue weighted by Gasteiger charge is -2.45. The minimum absolute atomic E-state index is 0.320. The molecule has 1 heterocycles. The van der Waals surface area contributed by atoms with E-state index in [-0.39, 0.29) is 0 Å². The van der Waals surface area contributed by atoms with Gasteiger partial charge in [0, 0.05) is 37.8 Å². The van der Waals surface area contributed by atoms with Gasteiger partial charge in [-0.05, 0) is 52.5 Å². The number of carbonyl (C=O) groups is 1. The molecule has 0 radical (unpaired) electrons. The molecule has 1 saturated heterocycles. The fourth-order valence-electron chi connectivity index (χ4n) is 3.76. The minimum Gasteiger partial charge on any atom is -0.480 e. The summed E-state index contributed by atoms with van der Waals surface area (Å²) in [6.07, 6.45) is 4.39. The molecule has 5 heteroatoms. The second-order valence-electron chi connectivity index (χ2n) is 7.53. The Balaban J connectivity index is 1.73. The van der Waals surface area contributed by atoms with Crippen molar-refractivity contribution < 1.29 is 9.90 Å². The predicted molar refractivity (Wildman–Crippen MR) is 82.4 cm³/mol. The Kier molecular flexibility index (Phi) is 4.01. The van der Waals surface area contributed by atoms with E-state index in [0.717, 1.165) is 38.8 Å². The molecule has 2 saturated carbocycles. The van der Waals surface area contributed by atoms with Crippen LogP contribution in [0.1, 0.15) is 39.5 Å². The average Bonchev–Trinajstić information content (AvgIpc) is 3.25. The summed E-state index contributed by atoms with van der Waals surface area (Å²) in [4.78, 5) is 16.8. The summed E-state index contributed by atoms with van der Waals surface area (Å²) in [5.74, 6) is -0.322. The summed E-state index contributed by atoms with van der Waals surface area (Å²) in [5.41, 5.74) is -0.712. The molecule has 0 aromatic carbocycles. The van der Waals surface area contributed by atoms with Crippen molar-refractivity contribution in [3.8, 4) is 0 Å². The zero-order valence-corrected chi connectivity index (χ0v) is 13.5. The van der Waals surface area contributed by atoms with Gasteiger partial charge in [0.1, 0.15) is 5.54 Å². The molecule has 3 rings (SSSR count). The van der Waals surface area contributed by atoms with Crippen molar-refractivity contribution in [1.29, 1.82) is 0 Å². The lowest BCUT2D eigenvalue weighted by Crippen LogP contribution is -2.65. The molecule has 21 heavy (non-hydrogen) atoms. The summed E-state index contributed by atoms with van der Waals surface area (Å²) in [6, 6.07) is 1.41. The van der Waals surface area contributed by atoms with Crippen molar-refractivity contribution >= 4 is 5.97 Å². The van der Waals surface area contributed by atoms with Gasteiger partial charge in [-0.3, -0.25) is 19.9 Å². The smallest absolute Gasteiger partial charge is 0.325 e. The molecule has 0 aromatic rings. The molecule has 3 aliphatic rings.